The van der Waals surface area contributed by atoms with E-state index in [1.165, 1.54) is 5.56 Å². The van der Waals surface area contributed by atoms with Crippen molar-refractivity contribution in [3.05, 3.63) is 35.9 Å². The summed E-state index contributed by atoms with van der Waals surface area (Å²) in [6.45, 7) is 4.01. The molecule has 0 radical (unpaired) electrons. The van der Waals surface area contributed by atoms with Crippen LogP contribution in [-0.2, 0) is 0 Å². The van der Waals surface area contributed by atoms with Gasteiger partial charge in [0.05, 0.1) is 22.4 Å². The predicted octanol–water partition coefficient (Wildman–Crippen LogP) is 3.75. The van der Waals surface area contributed by atoms with Crippen LogP contribution in [0.2, 0.25) is 0 Å². The number of thiocarbonyl (C=S) groups is 2. The van der Waals surface area contributed by atoms with Crippen LogP contribution >= 0.6 is 24.4 Å². The van der Waals surface area contributed by atoms with Gasteiger partial charge in [-0.2, -0.15) is 0 Å². The molecule has 0 aromatic heterocycles. The Hall–Kier alpha value is -1.18. The Kier molecular flexibility index (Phi) is 5.88. The van der Waals surface area contributed by atoms with Crippen molar-refractivity contribution in [2.45, 2.75) is 31.8 Å². The molecule has 88 valence electrons. The molecule has 4 heteroatoms. The van der Waals surface area contributed by atoms with E-state index in [-0.39, 0.29) is 18.0 Å². The van der Waals surface area contributed by atoms with Gasteiger partial charge in [0.15, 0.2) is 0 Å². The number of rotatable bonds is 5. The zero-order valence-electron chi connectivity index (χ0n) is 9.83. The van der Waals surface area contributed by atoms with Crippen LogP contribution < -0.4 is 0 Å². The molecule has 0 aliphatic rings. The first-order valence-electron chi connectivity index (χ1n) is 5.39. The molecule has 0 aliphatic carbocycles. The zero-order chi connectivity index (χ0) is 12.7. The molecule has 17 heavy (non-hydrogen) atoms. The fraction of sp³-hybridized carbons (Fsp3) is 0.385. The predicted molar refractivity (Wildman–Crippen MR) is 78.2 cm³/mol. The minimum absolute atomic E-state index is 0.0250. The normalized spacial score (nSPS) is 14.9. The quantitative estimate of drug-likeness (QED) is 0.596. The van der Waals surface area contributed by atoms with Crippen molar-refractivity contribution in [2.24, 2.45) is 9.98 Å². The molecule has 2 atom stereocenters. The van der Waals surface area contributed by atoms with Crippen LogP contribution in [0.1, 0.15) is 25.3 Å². The van der Waals surface area contributed by atoms with Crippen molar-refractivity contribution in [3.63, 3.8) is 0 Å². The molecular formula is C13H14N2S2. The van der Waals surface area contributed by atoms with Crippen LogP contribution in [0.3, 0.4) is 0 Å². The second-order valence-corrected chi connectivity index (χ2v) is 4.22. The first kappa shape index (κ1) is 13.9. The van der Waals surface area contributed by atoms with Gasteiger partial charge in [-0.3, -0.25) is 0 Å². The highest BCUT2D eigenvalue weighted by Crippen LogP contribution is 2.27. The van der Waals surface area contributed by atoms with E-state index in [0.717, 1.165) is 0 Å². The highest BCUT2D eigenvalue weighted by Gasteiger charge is 2.24. The van der Waals surface area contributed by atoms with E-state index in [1.807, 2.05) is 32.0 Å². The standard InChI is InChI=1S/C13H14N2S2/c1-10(14-8-16)13(11(2)15-9-17)12-6-4-3-5-7-12/h3-7,10-11,13H,1-2H3. The van der Waals surface area contributed by atoms with Crippen LogP contribution in [0.15, 0.2) is 40.3 Å². The lowest BCUT2D eigenvalue weighted by Gasteiger charge is -2.23. The fourth-order valence-corrected chi connectivity index (χ4v) is 2.29. The van der Waals surface area contributed by atoms with Gasteiger partial charge in [0.25, 0.3) is 0 Å². The summed E-state index contributed by atoms with van der Waals surface area (Å²) >= 11 is 9.33. The summed E-state index contributed by atoms with van der Waals surface area (Å²) in [7, 11) is 0. The van der Waals surface area contributed by atoms with E-state index in [9.17, 15) is 0 Å². The van der Waals surface area contributed by atoms with Gasteiger partial charge in [0.2, 0.25) is 0 Å². The summed E-state index contributed by atoms with van der Waals surface area (Å²) in [4.78, 5) is 8.30. The monoisotopic (exact) mass is 262 g/mol. The average Bonchev–Trinajstić information content (AvgIpc) is 2.31. The third-order valence-corrected chi connectivity index (χ3v) is 2.95. The molecule has 2 unspecified atom stereocenters. The zero-order valence-corrected chi connectivity index (χ0v) is 11.5. The molecule has 0 amide bonds. The van der Waals surface area contributed by atoms with Gasteiger partial charge in [-0.05, 0) is 43.8 Å². The highest BCUT2D eigenvalue weighted by atomic mass is 32.1. The molecule has 0 aliphatic heterocycles. The smallest absolute Gasteiger partial charge is 0.0663 e. The van der Waals surface area contributed by atoms with Gasteiger partial charge >= 0.3 is 0 Å². The molecule has 1 aromatic rings. The summed E-state index contributed by atoms with van der Waals surface area (Å²) < 4.78 is 0. The van der Waals surface area contributed by atoms with Gasteiger partial charge < -0.3 is 0 Å². The van der Waals surface area contributed by atoms with Gasteiger partial charge in [-0.15, -0.1) is 0 Å². The van der Waals surface area contributed by atoms with Gasteiger partial charge in [-0.25, -0.2) is 9.98 Å². The Balaban J connectivity index is 3.10. The first-order chi connectivity index (χ1) is 8.20. The minimum atomic E-state index is 0.0250. The number of nitrogens with zero attached hydrogens (tertiary/aromatic N) is 2. The molecule has 0 N–H and O–H groups in total. The molecule has 1 rings (SSSR count). The van der Waals surface area contributed by atoms with Gasteiger partial charge in [0, 0.05) is 5.92 Å². The molecule has 0 spiro atoms. The van der Waals surface area contributed by atoms with Crippen molar-refractivity contribution in [1.29, 1.82) is 0 Å². The molecule has 0 fully saturated rings. The number of hydrogen-bond acceptors (Lipinski definition) is 4. The van der Waals surface area contributed by atoms with E-state index >= 15 is 0 Å². The maximum Gasteiger partial charge on any atom is 0.0663 e. The van der Waals surface area contributed by atoms with Crippen molar-refractivity contribution >= 4 is 34.8 Å². The molecule has 0 heterocycles. The van der Waals surface area contributed by atoms with Crippen molar-refractivity contribution < 1.29 is 0 Å². The molecular weight excluding hydrogens is 248 g/mol. The lowest BCUT2D eigenvalue weighted by Crippen LogP contribution is -2.23. The summed E-state index contributed by atoms with van der Waals surface area (Å²) in [5.41, 5.74) is 1.18. The average molecular weight is 262 g/mol. The van der Waals surface area contributed by atoms with Crippen molar-refractivity contribution in [1.82, 2.24) is 0 Å². The third kappa shape index (κ3) is 3.95. The molecule has 0 bridgehead atoms. The van der Waals surface area contributed by atoms with E-state index < -0.39 is 0 Å². The maximum absolute atomic E-state index is 4.67. The second kappa shape index (κ2) is 7.21. The first-order valence-corrected chi connectivity index (χ1v) is 6.21. The number of aliphatic imine (C=N–C) groups is 2. The van der Waals surface area contributed by atoms with Gasteiger partial charge in [0.1, 0.15) is 0 Å². The number of isothiocyanates is 2. The highest BCUT2D eigenvalue weighted by molar-refractivity contribution is 7.78. The van der Waals surface area contributed by atoms with E-state index in [0.29, 0.717) is 0 Å². The van der Waals surface area contributed by atoms with Crippen molar-refractivity contribution in [2.75, 3.05) is 0 Å². The van der Waals surface area contributed by atoms with E-state index in [4.69, 9.17) is 0 Å². The van der Waals surface area contributed by atoms with Gasteiger partial charge in [-0.1, -0.05) is 30.3 Å². The number of benzene rings is 1. The molecule has 0 saturated carbocycles. The summed E-state index contributed by atoms with van der Waals surface area (Å²) in [6, 6.07) is 10.2. The fourth-order valence-electron chi connectivity index (χ4n) is 1.96. The SMILES string of the molecule is CC(N=C=S)C(c1ccccc1)C(C)N=C=S. The Bertz CT molecular complexity index is 422. The summed E-state index contributed by atoms with van der Waals surface area (Å²) in [6.07, 6.45) is 0. The van der Waals surface area contributed by atoms with Crippen LogP contribution in [-0.4, -0.2) is 22.4 Å². The van der Waals surface area contributed by atoms with Crippen LogP contribution in [0.5, 0.6) is 0 Å². The molecule has 2 nitrogen and oxygen atoms in total. The van der Waals surface area contributed by atoms with E-state index in [1.54, 1.807) is 0 Å². The Morgan fingerprint density at radius 2 is 1.41 bits per heavy atom. The van der Waals surface area contributed by atoms with Crippen LogP contribution in [0.25, 0.3) is 0 Å². The summed E-state index contributed by atoms with van der Waals surface area (Å²) in [5.74, 6) is 0.141. The Morgan fingerprint density at radius 1 is 0.941 bits per heavy atom. The lowest BCUT2D eigenvalue weighted by atomic mass is 9.87. The van der Waals surface area contributed by atoms with Crippen LogP contribution in [0.4, 0.5) is 0 Å². The topological polar surface area (TPSA) is 24.7 Å². The Labute approximate surface area is 112 Å². The second-order valence-electron chi connectivity index (χ2n) is 3.86. The van der Waals surface area contributed by atoms with Crippen LogP contribution in [0, 0.1) is 0 Å². The maximum atomic E-state index is 4.67. The summed E-state index contributed by atoms with van der Waals surface area (Å²) in [5, 5.41) is 4.87. The minimum Gasteiger partial charge on any atom is -0.229 e. The number of hydrogen-bond donors (Lipinski definition) is 0. The lowest BCUT2D eigenvalue weighted by molar-refractivity contribution is 0.497. The third-order valence-electron chi connectivity index (χ3n) is 2.74. The molecule has 0 saturated heterocycles. The van der Waals surface area contributed by atoms with Crippen molar-refractivity contribution in [3.8, 4) is 0 Å². The Morgan fingerprint density at radius 3 is 1.82 bits per heavy atom. The molecule has 1 aromatic carbocycles. The largest absolute Gasteiger partial charge is 0.229 e. The van der Waals surface area contributed by atoms with E-state index in [2.05, 4.69) is 56.9 Å².